The van der Waals surface area contributed by atoms with Gasteiger partial charge in [0.15, 0.2) is 11.0 Å². The zero-order valence-electron chi connectivity index (χ0n) is 11.2. The number of hydrogen-bond acceptors (Lipinski definition) is 5. The summed E-state index contributed by atoms with van der Waals surface area (Å²) in [6, 6.07) is 7.90. The molecule has 0 spiro atoms. The molecule has 1 N–H and O–H groups in total. The molecule has 0 saturated heterocycles. The molecule has 1 aromatic heterocycles. The highest BCUT2D eigenvalue weighted by Crippen LogP contribution is 2.21. The molecule has 0 bridgehead atoms. The quantitative estimate of drug-likeness (QED) is 0.860. The van der Waals surface area contributed by atoms with Gasteiger partial charge in [-0.2, -0.15) is 5.26 Å². The van der Waals surface area contributed by atoms with E-state index in [1.165, 1.54) is 11.8 Å². The van der Waals surface area contributed by atoms with Crippen LogP contribution >= 0.6 is 23.4 Å². The maximum Gasteiger partial charge on any atom is 0.192 e. The standard InChI is InChI=1S/C13H14ClN5S/c1-9-3-4-10(7-11(9)14)16-8-12-17-18-13(19(12)2)20-6-5-15/h3-4,7,16H,6,8H2,1-2H3. The number of anilines is 1. The molecule has 0 fully saturated rings. The van der Waals surface area contributed by atoms with E-state index >= 15 is 0 Å². The third kappa shape index (κ3) is 3.44. The van der Waals surface area contributed by atoms with E-state index in [0.717, 1.165) is 27.3 Å². The number of aryl methyl sites for hydroxylation is 1. The summed E-state index contributed by atoms with van der Waals surface area (Å²) < 4.78 is 1.88. The first kappa shape index (κ1) is 14.7. The molecule has 1 heterocycles. The van der Waals surface area contributed by atoms with Crippen LogP contribution in [0.2, 0.25) is 5.02 Å². The smallest absolute Gasteiger partial charge is 0.192 e. The van der Waals surface area contributed by atoms with Crippen molar-refractivity contribution in [3.05, 3.63) is 34.6 Å². The van der Waals surface area contributed by atoms with E-state index in [9.17, 15) is 0 Å². The fourth-order valence-corrected chi connectivity index (χ4v) is 2.38. The number of aromatic nitrogens is 3. The van der Waals surface area contributed by atoms with Crippen LogP contribution in [-0.2, 0) is 13.6 Å². The second-order valence-corrected chi connectivity index (χ2v) is 5.57. The van der Waals surface area contributed by atoms with Crippen LogP contribution < -0.4 is 5.32 Å². The van der Waals surface area contributed by atoms with Crippen molar-refractivity contribution in [1.29, 1.82) is 5.26 Å². The van der Waals surface area contributed by atoms with Gasteiger partial charge in [0.25, 0.3) is 0 Å². The maximum absolute atomic E-state index is 8.57. The number of rotatable bonds is 5. The highest BCUT2D eigenvalue weighted by molar-refractivity contribution is 7.99. The summed E-state index contributed by atoms with van der Waals surface area (Å²) in [5, 5.41) is 21.5. The molecular weight excluding hydrogens is 294 g/mol. The van der Waals surface area contributed by atoms with Crippen molar-refractivity contribution in [3.8, 4) is 6.07 Å². The lowest BCUT2D eigenvalue weighted by Crippen LogP contribution is -2.06. The van der Waals surface area contributed by atoms with E-state index in [1.807, 2.05) is 36.7 Å². The van der Waals surface area contributed by atoms with Crippen LogP contribution in [0.4, 0.5) is 5.69 Å². The van der Waals surface area contributed by atoms with E-state index in [0.29, 0.717) is 12.3 Å². The van der Waals surface area contributed by atoms with Crippen molar-refractivity contribution >= 4 is 29.1 Å². The topological polar surface area (TPSA) is 66.5 Å². The van der Waals surface area contributed by atoms with Gasteiger partial charge < -0.3 is 9.88 Å². The van der Waals surface area contributed by atoms with Crippen LogP contribution in [0, 0.1) is 18.3 Å². The van der Waals surface area contributed by atoms with E-state index in [-0.39, 0.29) is 0 Å². The maximum atomic E-state index is 8.57. The summed E-state index contributed by atoms with van der Waals surface area (Å²) in [7, 11) is 1.89. The van der Waals surface area contributed by atoms with Gasteiger partial charge in [0.1, 0.15) is 0 Å². The summed E-state index contributed by atoms with van der Waals surface area (Å²) in [5.41, 5.74) is 1.99. The van der Waals surface area contributed by atoms with Crippen LogP contribution in [0.1, 0.15) is 11.4 Å². The van der Waals surface area contributed by atoms with Gasteiger partial charge in [-0.15, -0.1) is 10.2 Å². The van der Waals surface area contributed by atoms with Crippen molar-refractivity contribution in [2.45, 2.75) is 18.6 Å². The van der Waals surface area contributed by atoms with Gasteiger partial charge in [0.05, 0.1) is 18.4 Å². The van der Waals surface area contributed by atoms with Crippen molar-refractivity contribution in [2.75, 3.05) is 11.1 Å². The Bertz CT molecular complexity index is 647. The number of thioether (sulfide) groups is 1. The predicted octanol–water partition coefficient (Wildman–Crippen LogP) is 3.00. The predicted molar refractivity (Wildman–Crippen MR) is 80.9 cm³/mol. The molecule has 5 nitrogen and oxygen atoms in total. The molecule has 0 amide bonds. The van der Waals surface area contributed by atoms with E-state index in [2.05, 4.69) is 21.6 Å². The number of nitriles is 1. The molecule has 0 aliphatic carbocycles. The Morgan fingerprint density at radius 2 is 2.25 bits per heavy atom. The number of benzene rings is 1. The van der Waals surface area contributed by atoms with Crippen molar-refractivity contribution in [3.63, 3.8) is 0 Å². The number of halogens is 1. The van der Waals surface area contributed by atoms with E-state index < -0.39 is 0 Å². The Morgan fingerprint density at radius 1 is 1.45 bits per heavy atom. The van der Waals surface area contributed by atoms with Gasteiger partial charge in [-0.1, -0.05) is 29.4 Å². The second kappa shape index (κ2) is 6.64. The van der Waals surface area contributed by atoms with Crippen molar-refractivity contribution < 1.29 is 0 Å². The summed E-state index contributed by atoms with van der Waals surface area (Å²) in [6.45, 7) is 2.52. The lowest BCUT2D eigenvalue weighted by Gasteiger charge is -2.08. The zero-order valence-corrected chi connectivity index (χ0v) is 12.8. The highest BCUT2D eigenvalue weighted by atomic mass is 35.5. The van der Waals surface area contributed by atoms with E-state index in [4.69, 9.17) is 16.9 Å². The molecule has 0 unspecified atom stereocenters. The number of nitrogens with zero attached hydrogens (tertiary/aromatic N) is 4. The average Bonchev–Trinajstić information content (AvgIpc) is 2.79. The summed E-state index contributed by atoms with van der Waals surface area (Å²) in [5.74, 6) is 1.18. The van der Waals surface area contributed by atoms with Crippen molar-refractivity contribution in [2.24, 2.45) is 7.05 Å². The van der Waals surface area contributed by atoms with Gasteiger partial charge in [0.2, 0.25) is 0 Å². The third-order valence-electron chi connectivity index (χ3n) is 2.81. The van der Waals surface area contributed by atoms with Gasteiger partial charge in [-0.25, -0.2) is 0 Å². The Hall–Kier alpha value is -1.71. The summed E-state index contributed by atoms with van der Waals surface area (Å²) in [4.78, 5) is 0. The molecule has 104 valence electrons. The SMILES string of the molecule is Cc1ccc(NCc2nnc(SCC#N)n2C)cc1Cl. The fourth-order valence-electron chi connectivity index (χ4n) is 1.61. The summed E-state index contributed by atoms with van der Waals surface area (Å²) in [6.07, 6.45) is 0. The van der Waals surface area contributed by atoms with E-state index in [1.54, 1.807) is 0 Å². The number of nitrogens with one attached hydrogen (secondary N) is 1. The van der Waals surface area contributed by atoms with Gasteiger partial charge >= 0.3 is 0 Å². The Kier molecular flexibility index (Phi) is 4.88. The van der Waals surface area contributed by atoms with Gasteiger partial charge in [0, 0.05) is 17.8 Å². The van der Waals surface area contributed by atoms with Crippen molar-refractivity contribution in [1.82, 2.24) is 14.8 Å². The van der Waals surface area contributed by atoms with Gasteiger partial charge in [-0.05, 0) is 24.6 Å². The molecule has 0 atom stereocenters. The average molecular weight is 308 g/mol. The Balaban J connectivity index is 2.02. The fraction of sp³-hybridized carbons (Fsp3) is 0.308. The minimum Gasteiger partial charge on any atom is -0.378 e. The minimum atomic E-state index is 0.368. The molecule has 2 rings (SSSR count). The lowest BCUT2D eigenvalue weighted by atomic mass is 10.2. The van der Waals surface area contributed by atoms with Gasteiger partial charge in [-0.3, -0.25) is 0 Å². The molecule has 1 aromatic carbocycles. The summed E-state index contributed by atoms with van der Waals surface area (Å²) >= 11 is 7.45. The monoisotopic (exact) mass is 307 g/mol. The molecular formula is C13H14ClN5S. The van der Waals surface area contributed by atoms with Crippen LogP contribution in [0.25, 0.3) is 0 Å². The largest absolute Gasteiger partial charge is 0.378 e. The lowest BCUT2D eigenvalue weighted by molar-refractivity contribution is 0.745. The zero-order chi connectivity index (χ0) is 14.5. The molecule has 7 heteroatoms. The Morgan fingerprint density at radius 3 is 2.95 bits per heavy atom. The second-order valence-electron chi connectivity index (χ2n) is 4.22. The molecule has 0 aliphatic rings. The Labute approximate surface area is 127 Å². The minimum absolute atomic E-state index is 0.368. The number of hydrogen-bond donors (Lipinski definition) is 1. The van der Waals surface area contributed by atoms with Crippen LogP contribution in [-0.4, -0.2) is 20.5 Å². The highest BCUT2D eigenvalue weighted by Gasteiger charge is 2.08. The first-order chi connectivity index (χ1) is 9.61. The first-order valence-corrected chi connectivity index (χ1v) is 7.36. The molecule has 2 aromatic rings. The van der Waals surface area contributed by atoms with Crippen LogP contribution in [0.5, 0.6) is 0 Å². The molecule has 0 radical (unpaired) electrons. The first-order valence-electron chi connectivity index (χ1n) is 6.00. The molecule has 0 aliphatic heterocycles. The van der Waals surface area contributed by atoms with Crippen LogP contribution in [0.15, 0.2) is 23.4 Å². The van der Waals surface area contributed by atoms with Crippen LogP contribution in [0.3, 0.4) is 0 Å². The molecule has 20 heavy (non-hydrogen) atoms. The third-order valence-corrected chi connectivity index (χ3v) is 4.11. The molecule has 0 saturated carbocycles. The normalized spacial score (nSPS) is 10.3.